The summed E-state index contributed by atoms with van der Waals surface area (Å²) in [4.78, 5) is 27.5. The van der Waals surface area contributed by atoms with Crippen molar-refractivity contribution in [3.63, 3.8) is 0 Å². The van der Waals surface area contributed by atoms with Crippen LogP contribution in [0.25, 0.3) is 16.2 Å². The van der Waals surface area contributed by atoms with Gasteiger partial charge in [0.25, 0.3) is 17.5 Å². The molecule has 1 N–H and O–H groups in total. The molecule has 10 heteroatoms. The quantitative estimate of drug-likeness (QED) is 0.420. The van der Waals surface area contributed by atoms with E-state index in [9.17, 15) is 14.9 Å². The fraction of sp³-hybridized carbons (Fsp3) is 0. The predicted molar refractivity (Wildman–Crippen MR) is 102 cm³/mol. The summed E-state index contributed by atoms with van der Waals surface area (Å²) in [5, 5.41) is 28.5. The second kappa shape index (κ2) is 6.90. The number of hydrogen-bond acceptors (Lipinski definition) is 7. The lowest BCUT2D eigenvalue weighted by molar-refractivity contribution is -0.384. The molecule has 0 spiro atoms. The number of non-ortho nitro benzene ring substituents is 1. The van der Waals surface area contributed by atoms with Gasteiger partial charge in [-0.05, 0) is 30.3 Å². The summed E-state index contributed by atoms with van der Waals surface area (Å²) >= 11 is 1.33. The van der Waals surface area contributed by atoms with Crippen molar-refractivity contribution in [2.75, 3.05) is 5.32 Å². The molecule has 0 saturated heterocycles. The molecule has 2 aromatic carbocycles. The number of anilines is 1. The van der Waals surface area contributed by atoms with Crippen molar-refractivity contribution in [1.82, 2.24) is 14.6 Å². The number of aromatic nitrogens is 3. The van der Waals surface area contributed by atoms with E-state index in [1.807, 2.05) is 11.4 Å². The van der Waals surface area contributed by atoms with Gasteiger partial charge in [0.15, 0.2) is 0 Å². The number of nitriles is 1. The highest BCUT2D eigenvalue weighted by Crippen LogP contribution is 2.27. The van der Waals surface area contributed by atoms with Crippen LogP contribution in [0, 0.1) is 21.4 Å². The highest BCUT2D eigenvalue weighted by Gasteiger charge is 2.15. The average Bonchev–Trinajstić information content (AvgIpc) is 3.28. The number of carbonyl (C=O) groups is 1. The number of amides is 1. The standard InChI is InChI=1S/C18H10N6O3S/c19-9-11-2-1-3-13(8-11)16(25)20-17-21-18-23(22-17)15(10-28-18)12-4-6-14(7-5-12)24(26)27/h1-8,10H,(H,20,22,25). The van der Waals surface area contributed by atoms with Crippen molar-refractivity contribution in [3.8, 4) is 17.3 Å². The molecule has 136 valence electrons. The molecule has 0 bridgehead atoms. The molecular weight excluding hydrogens is 380 g/mol. The summed E-state index contributed by atoms with van der Waals surface area (Å²) < 4.78 is 1.56. The molecule has 4 aromatic rings. The molecule has 0 radical (unpaired) electrons. The van der Waals surface area contributed by atoms with Crippen molar-refractivity contribution in [1.29, 1.82) is 5.26 Å². The first-order valence-corrected chi connectivity index (χ1v) is 8.84. The molecule has 2 heterocycles. The third-order valence-electron chi connectivity index (χ3n) is 3.93. The van der Waals surface area contributed by atoms with Gasteiger partial charge in [0.2, 0.25) is 4.96 Å². The Morgan fingerprint density at radius 2 is 2.04 bits per heavy atom. The normalized spacial score (nSPS) is 10.5. The number of benzene rings is 2. The van der Waals surface area contributed by atoms with Crippen molar-refractivity contribution in [3.05, 3.63) is 75.2 Å². The molecule has 0 saturated carbocycles. The van der Waals surface area contributed by atoms with E-state index in [1.54, 1.807) is 34.8 Å². The van der Waals surface area contributed by atoms with Crippen LogP contribution in [0.2, 0.25) is 0 Å². The molecular formula is C18H10N6O3S. The van der Waals surface area contributed by atoms with Gasteiger partial charge in [-0.3, -0.25) is 20.2 Å². The van der Waals surface area contributed by atoms with Crippen LogP contribution in [-0.4, -0.2) is 25.4 Å². The van der Waals surface area contributed by atoms with E-state index in [0.717, 1.165) is 5.56 Å². The lowest BCUT2D eigenvalue weighted by atomic mass is 10.1. The maximum absolute atomic E-state index is 12.4. The first-order valence-electron chi connectivity index (χ1n) is 7.96. The number of hydrogen-bond donors (Lipinski definition) is 1. The van der Waals surface area contributed by atoms with Crippen LogP contribution in [0.3, 0.4) is 0 Å². The maximum atomic E-state index is 12.4. The fourth-order valence-electron chi connectivity index (χ4n) is 2.59. The van der Waals surface area contributed by atoms with E-state index in [0.29, 0.717) is 21.8 Å². The van der Waals surface area contributed by atoms with Gasteiger partial charge < -0.3 is 0 Å². The van der Waals surface area contributed by atoms with Crippen LogP contribution in [0.5, 0.6) is 0 Å². The summed E-state index contributed by atoms with van der Waals surface area (Å²) in [5.41, 5.74) is 2.15. The minimum atomic E-state index is -0.461. The van der Waals surface area contributed by atoms with Gasteiger partial charge in [0.05, 0.1) is 22.2 Å². The molecule has 1 amide bonds. The van der Waals surface area contributed by atoms with Gasteiger partial charge in [-0.25, -0.2) is 4.52 Å². The van der Waals surface area contributed by atoms with Gasteiger partial charge in [-0.15, -0.1) is 16.4 Å². The van der Waals surface area contributed by atoms with Crippen molar-refractivity contribution < 1.29 is 9.72 Å². The zero-order valence-corrected chi connectivity index (χ0v) is 14.9. The number of carbonyl (C=O) groups excluding carboxylic acids is 1. The largest absolute Gasteiger partial charge is 0.289 e. The highest BCUT2D eigenvalue weighted by molar-refractivity contribution is 7.15. The Labute approximate surface area is 161 Å². The topological polar surface area (TPSA) is 126 Å². The summed E-state index contributed by atoms with van der Waals surface area (Å²) in [6.45, 7) is 0. The first kappa shape index (κ1) is 17.3. The third kappa shape index (κ3) is 3.17. The predicted octanol–water partition coefficient (Wildman–Crippen LogP) is 3.49. The lowest BCUT2D eigenvalue weighted by Gasteiger charge is -2.01. The zero-order chi connectivity index (χ0) is 19.7. The minimum absolute atomic E-state index is 0.00126. The molecule has 9 nitrogen and oxygen atoms in total. The molecule has 4 rings (SSSR count). The summed E-state index contributed by atoms with van der Waals surface area (Å²) in [6, 6.07) is 14.4. The van der Waals surface area contributed by atoms with Gasteiger partial charge in [-0.1, -0.05) is 6.07 Å². The molecule has 2 aromatic heterocycles. The average molecular weight is 390 g/mol. The molecule has 0 unspecified atom stereocenters. The monoisotopic (exact) mass is 390 g/mol. The molecule has 0 aliphatic heterocycles. The highest BCUT2D eigenvalue weighted by atomic mass is 32.1. The Bertz CT molecular complexity index is 1250. The minimum Gasteiger partial charge on any atom is -0.289 e. The maximum Gasteiger partial charge on any atom is 0.269 e. The molecule has 0 aliphatic rings. The van der Waals surface area contributed by atoms with E-state index >= 15 is 0 Å². The zero-order valence-electron chi connectivity index (χ0n) is 14.1. The lowest BCUT2D eigenvalue weighted by Crippen LogP contribution is -2.13. The van der Waals surface area contributed by atoms with Crippen LogP contribution in [0.4, 0.5) is 11.6 Å². The van der Waals surface area contributed by atoms with E-state index < -0.39 is 10.8 Å². The number of thiazole rings is 1. The number of nitro benzene ring substituents is 1. The Balaban J connectivity index is 1.61. The number of nitrogens with one attached hydrogen (secondary N) is 1. The van der Waals surface area contributed by atoms with Crippen molar-refractivity contribution in [2.24, 2.45) is 0 Å². The van der Waals surface area contributed by atoms with Crippen molar-refractivity contribution in [2.45, 2.75) is 0 Å². The fourth-order valence-corrected chi connectivity index (χ4v) is 3.42. The molecule has 0 aliphatic carbocycles. The first-order chi connectivity index (χ1) is 13.5. The molecule has 0 atom stereocenters. The second-order valence-corrected chi connectivity index (χ2v) is 6.54. The Morgan fingerprint density at radius 1 is 1.25 bits per heavy atom. The Morgan fingerprint density at radius 3 is 2.75 bits per heavy atom. The number of nitrogens with zero attached hydrogens (tertiary/aromatic N) is 5. The molecule has 0 fully saturated rings. The number of nitro groups is 1. The summed E-state index contributed by atoms with van der Waals surface area (Å²) in [6.07, 6.45) is 0. The van der Waals surface area contributed by atoms with Crippen LogP contribution in [0.1, 0.15) is 15.9 Å². The smallest absolute Gasteiger partial charge is 0.269 e. The number of fused-ring (bicyclic) bond motifs is 1. The van der Waals surface area contributed by atoms with Gasteiger partial charge in [-0.2, -0.15) is 10.2 Å². The van der Waals surface area contributed by atoms with E-state index in [1.165, 1.54) is 29.5 Å². The van der Waals surface area contributed by atoms with E-state index in [-0.39, 0.29) is 11.6 Å². The van der Waals surface area contributed by atoms with E-state index in [2.05, 4.69) is 15.4 Å². The van der Waals surface area contributed by atoms with Gasteiger partial charge in [0.1, 0.15) is 0 Å². The van der Waals surface area contributed by atoms with Crippen LogP contribution >= 0.6 is 11.3 Å². The second-order valence-electron chi connectivity index (χ2n) is 5.70. The van der Waals surface area contributed by atoms with E-state index in [4.69, 9.17) is 5.26 Å². The van der Waals surface area contributed by atoms with Crippen LogP contribution < -0.4 is 5.32 Å². The SMILES string of the molecule is N#Cc1cccc(C(=O)Nc2nc3scc(-c4ccc([N+](=O)[O-])cc4)n3n2)c1. The summed E-state index contributed by atoms with van der Waals surface area (Å²) in [7, 11) is 0. The molecule has 28 heavy (non-hydrogen) atoms. The summed E-state index contributed by atoms with van der Waals surface area (Å²) in [5.74, 6) is -0.297. The Hall–Kier alpha value is -4.10. The Kier molecular flexibility index (Phi) is 4.27. The van der Waals surface area contributed by atoms with Gasteiger partial charge in [0, 0.05) is 28.6 Å². The van der Waals surface area contributed by atoms with Crippen LogP contribution in [0.15, 0.2) is 53.9 Å². The number of rotatable bonds is 4. The van der Waals surface area contributed by atoms with Gasteiger partial charge >= 0.3 is 0 Å². The van der Waals surface area contributed by atoms with Crippen molar-refractivity contribution >= 4 is 33.8 Å². The van der Waals surface area contributed by atoms with Crippen LogP contribution in [-0.2, 0) is 0 Å². The third-order valence-corrected chi connectivity index (χ3v) is 4.75.